The molecule has 2 aromatic carbocycles. The van der Waals surface area contributed by atoms with Crippen molar-refractivity contribution in [3.05, 3.63) is 64.7 Å². The first kappa shape index (κ1) is 24.0. The molecule has 1 saturated heterocycles. The fraction of sp³-hybridized carbons (Fsp3) is 0.375. The number of carbonyl (C=O) groups is 1. The van der Waals surface area contributed by atoms with E-state index in [-0.39, 0.29) is 23.4 Å². The zero-order valence-electron chi connectivity index (χ0n) is 17.9. The maximum absolute atomic E-state index is 12.5. The summed E-state index contributed by atoms with van der Waals surface area (Å²) in [5.74, 6) is -0.00996. The number of nitrogens with zero attached hydrogens (tertiary/aromatic N) is 1. The van der Waals surface area contributed by atoms with Crippen molar-refractivity contribution in [1.82, 2.24) is 10.2 Å². The maximum atomic E-state index is 12.5. The molecule has 172 valence electrons. The van der Waals surface area contributed by atoms with Gasteiger partial charge in [0, 0.05) is 36.8 Å². The van der Waals surface area contributed by atoms with Crippen LogP contribution in [0.1, 0.15) is 30.9 Å². The molecule has 5 nitrogen and oxygen atoms in total. The lowest BCUT2D eigenvalue weighted by Gasteiger charge is -2.32. The fourth-order valence-corrected chi connectivity index (χ4v) is 3.72. The molecular weight excluding hydrogens is 438 g/mol. The molecule has 2 aromatic rings. The van der Waals surface area contributed by atoms with E-state index in [0.717, 1.165) is 37.5 Å². The SMILES string of the molecule is CCOc1cc(/C=C/C(=O)NC2CCN(Cc3ccc(Cl)cc3)CC2)ccc1OC(F)F. The van der Waals surface area contributed by atoms with Crippen LogP contribution in [0.5, 0.6) is 11.5 Å². The topological polar surface area (TPSA) is 50.8 Å². The Balaban J connectivity index is 1.48. The van der Waals surface area contributed by atoms with Crippen molar-refractivity contribution in [2.24, 2.45) is 0 Å². The molecule has 0 spiro atoms. The molecule has 0 atom stereocenters. The number of hydrogen-bond donors (Lipinski definition) is 1. The summed E-state index contributed by atoms with van der Waals surface area (Å²) < 4.78 is 34.8. The first-order chi connectivity index (χ1) is 15.4. The van der Waals surface area contributed by atoms with Crippen LogP contribution in [0, 0.1) is 0 Å². The van der Waals surface area contributed by atoms with Gasteiger partial charge in [0.25, 0.3) is 0 Å². The number of hydrogen-bond acceptors (Lipinski definition) is 4. The number of benzene rings is 2. The van der Waals surface area contributed by atoms with Crippen LogP contribution in [0.15, 0.2) is 48.5 Å². The molecule has 0 aliphatic carbocycles. The Morgan fingerprint density at radius 2 is 1.91 bits per heavy atom. The largest absolute Gasteiger partial charge is 0.490 e. The fourth-order valence-electron chi connectivity index (χ4n) is 3.59. The second kappa shape index (κ2) is 11.8. The number of rotatable bonds is 9. The highest BCUT2D eigenvalue weighted by Crippen LogP contribution is 2.30. The molecule has 1 aliphatic rings. The lowest BCUT2D eigenvalue weighted by atomic mass is 10.0. The lowest BCUT2D eigenvalue weighted by molar-refractivity contribution is -0.117. The number of likely N-dealkylation sites (tertiary alicyclic amines) is 1. The van der Waals surface area contributed by atoms with Crippen molar-refractivity contribution < 1.29 is 23.0 Å². The predicted molar refractivity (Wildman–Crippen MR) is 121 cm³/mol. The number of ether oxygens (including phenoxy) is 2. The van der Waals surface area contributed by atoms with Crippen LogP contribution < -0.4 is 14.8 Å². The van der Waals surface area contributed by atoms with Crippen LogP contribution in [0.3, 0.4) is 0 Å². The number of carbonyl (C=O) groups excluding carboxylic acids is 1. The van der Waals surface area contributed by atoms with Gasteiger partial charge in [0.05, 0.1) is 6.61 Å². The Kier molecular flexibility index (Phi) is 8.88. The second-order valence-corrected chi connectivity index (χ2v) is 7.97. The van der Waals surface area contributed by atoms with Crippen molar-refractivity contribution >= 4 is 23.6 Å². The van der Waals surface area contributed by atoms with E-state index >= 15 is 0 Å². The highest BCUT2D eigenvalue weighted by molar-refractivity contribution is 6.30. The van der Waals surface area contributed by atoms with E-state index in [9.17, 15) is 13.6 Å². The molecule has 0 unspecified atom stereocenters. The average molecular weight is 465 g/mol. The molecule has 3 rings (SSSR count). The Hall–Kier alpha value is -2.64. The van der Waals surface area contributed by atoms with Crippen LogP contribution in [-0.2, 0) is 11.3 Å². The predicted octanol–water partition coefficient (Wildman–Crippen LogP) is 5.13. The van der Waals surface area contributed by atoms with Crippen LogP contribution in [0.25, 0.3) is 6.08 Å². The lowest BCUT2D eigenvalue weighted by Crippen LogP contribution is -2.43. The van der Waals surface area contributed by atoms with Crippen molar-refractivity contribution in [2.45, 2.75) is 39.0 Å². The summed E-state index contributed by atoms with van der Waals surface area (Å²) in [4.78, 5) is 14.7. The molecule has 1 heterocycles. The minimum absolute atomic E-state index is 0.0335. The molecule has 1 amide bonds. The minimum atomic E-state index is -2.93. The number of nitrogens with one attached hydrogen (secondary N) is 1. The standard InChI is InChI=1S/C24H27ClF2N2O3/c1-2-31-22-15-17(5-9-21(22)32-24(26)27)6-10-23(30)28-20-11-13-29(14-12-20)16-18-3-7-19(25)8-4-18/h3-10,15,20,24H,2,11-14,16H2,1H3,(H,28,30)/b10-6+. The summed E-state index contributed by atoms with van der Waals surface area (Å²) in [5, 5.41) is 3.76. The molecule has 0 saturated carbocycles. The number of halogens is 3. The van der Waals surface area contributed by atoms with E-state index in [0.29, 0.717) is 12.2 Å². The van der Waals surface area contributed by atoms with E-state index in [2.05, 4.69) is 15.0 Å². The summed E-state index contributed by atoms with van der Waals surface area (Å²) in [7, 11) is 0. The highest BCUT2D eigenvalue weighted by atomic mass is 35.5. The van der Waals surface area contributed by atoms with Crippen LogP contribution in [0.4, 0.5) is 8.78 Å². The molecule has 1 aliphatic heterocycles. The zero-order valence-corrected chi connectivity index (χ0v) is 18.7. The van der Waals surface area contributed by atoms with Gasteiger partial charge >= 0.3 is 6.61 Å². The molecule has 0 aromatic heterocycles. The maximum Gasteiger partial charge on any atom is 0.387 e. The molecule has 8 heteroatoms. The van der Waals surface area contributed by atoms with E-state index in [1.807, 2.05) is 24.3 Å². The summed E-state index contributed by atoms with van der Waals surface area (Å²) >= 11 is 5.94. The Morgan fingerprint density at radius 3 is 2.56 bits per heavy atom. The van der Waals surface area contributed by atoms with Gasteiger partial charge in [-0.2, -0.15) is 8.78 Å². The van der Waals surface area contributed by atoms with Gasteiger partial charge in [0.2, 0.25) is 5.91 Å². The molecule has 32 heavy (non-hydrogen) atoms. The molecule has 1 fully saturated rings. The van der Waals surface area contributed by atoms with Gasteiger partial charge < -0.3 is 14.8 Å². The third-order valence-corrected chi connectivity index (χ3v) is 5.42. The van der Waals surface area contributed by atoms with Crippen molar-refractivity contribution in [2.75, 3.05) is 19.7 Å². The van der Waals surface area contributed by atoms with Crippen LogP contribution in [0.2, 0.25) is 5.02 Å². The van der Waals surface area contributed by atoms with Crippen LogP contribution in [-0.4, -0.2) is 43.2 Å². The van der Waals surface area contributed by atoms with Gasteiger partial charge in [-0.25, -0.2) is 0 Å². The number of alkyl halides is 2. The first-order valence-corrected chi connectivity index (χ1v) is 11.0. The van der Waals surface area contributed by atoms with Gasteiger partial charge in [0.15, 0.2) is 11.5 Å². The normalized spacial score (nSPS) is 15.3. The third-order valence-electron chi connectivity index (χ3n) is 5.16. The second-order valence-electron chi connectivity index (χ2n) is 7.54. The molecular formula is C24H27ClF2N2O3. The Labute approximate surface area is 192 Å². The summed E-state index contributed by atoms with van der Waals surface area (Å²) in [6.07, 6.45) is 4.82. The highest BCUT2D eigenvalue weighted by Gasteiger charge is 2.20. The number of amides is 1. The van der Waals surface area contributed by atoms with Crippen molar-refractivity contribution in [3.63, 3.8) is 0 Å². The van der Waals surface area contributed by atoms with Gasteiger partial charge in [-0.3, -0.25) is 9.69 Å². The van der Waals surface area contributed by atoms with Crippen molar-refractivity contribution in [1.29, 1.82) is 0 Å². The van der Waals surface area contributed by atoms with Crippen LogP contribution >= 0.6 is 11.6 Å². The molecule has 0 radical (unpaired) electrons. The van der Waals surface area contributed by atoms with E-state index in [1.165, 1.54) is 17.7 Å². The van der Waals surface area contributed by atoms with E-state index in [4.69, 9.17) is 16.3 Å². The van der Waals surface area contributed by atoms with Gasteiger partial charge in [-0.1, -0.05) is 29.8 Å². The van der Waals surface area contributed by atoms with E-state index < -0.39 is 6.61 Å². The van der Waals surface area contributed by atoms with Crippen molar-refractivity contribution in [3.8, 4) is 11.5 Å². The van der Waals surface area contributed by atoms with E-state index in [1.54, 1.807) is 25.1 Å². The van der Waals surface area contributed by atoms with Gasteiger partial charge in [0.1, 0.15) is 0 Å². The zero-order chi connectivity index (χ0) is 22.9. The average Bonchev–Trinajstić information content (AvgIpc) is 2.77. The van der Waals surface area contributed by atoms with Gasteiger partial charge in [-0.15, -0.1) is 0 Å². The number of piperidine rings is 1. The Morgan fingerprint density at radius 1 is 1.19 bits per heavy atom. The summed E-state index contributed by atoms with van der Waals surface area (Å²) in [6.45, 7) is 1.80. The first-order valence-electron chi connectivity index (χ1n) is 10.6. The smallest absolute Gasteiger partial charge is 0.387 e. The van der Waals surface area contributed by atoms with Gasteiger partial charge in [-0.05, 0) is 61.2 Å². The summed E-state index contributed by atoms with van der Waals surface area (Å²) in [5.41, 5.74) is 1.87. The minimum Gasteiger partial charge on any atom is -0.490 e. The third kappa shape index (κ3) is 7.50. The Bertz CT molecular complexity index is 914. The molecule has 0 bridgehead atoms. The quantitative estimate of drug-likeness (QED) is 0.522. The monoisotopic (exact) mass is 464 g/mol. The molecule has 1 N–H and O–H groups in total. The summed E-state index contributed by atoms with van der Waals surface area (Å²) in [6, 6.07) is 12.5.